The summed E-state index contributed by atoms with van der Waals surface area (Å²) in [4.78, 5) is 45.9. The summed E-state index contributed by atoms with van der Waals surface area (Å²) >= 11 is 0. The van der Waals surface area contributed by atoms with Crippen LogP contribution < -0.4 is 5.32 Å². The van der Waals surface area contributed by atoms with Crippen LogP contribution in [0.25, 0.3) is 0 Å². The second kappa shape index (κ2) is 40.5. The molecular weight excluding hydrogens is 745 g/mol. The molecule has 12 heteroatoms. The number of hydrogen-bond donors (Lipinski definition) is 4. The number of rotatable bonds is 42. The Bertz CT molecular complexity index is 1110. The molecule has 0 aliphatic rings. The third kappa shape index (κ3) is 40.3. The van der Waals surface area contributed by atoms with E-state index in [0.717, 1.165) is 64.2 Å². The smallest absolute Gasteiger partial charge is 0.472 e. The number of allylic oxidation sites excluding steroid dienone is 6. The van der Waals surface area contributed by atoms with Gasteiger partial charge >= 0.3 is 19.8 Å². The van der Waals surface area contributed by atoms with E-state index in [0.29, 0.717) is 12.8 Å². The summed E-state index contributed by atoms with van der Waals surface area (Å²) < 4.78 is 26.8. The minimum atomic E-state index is -4.76. The second-order valence-electron chi connectivity index (χ2n) is 15.2. The fourth-order valence-electron chi connectivity index (χ4n) is 6.10. The molecule has 3 atom stereocenters. The molecule has 0 aromatic heterocycles. The maximum Gasteiger partial charge on any atom is 0.472 e. The number of carboxylic acids is 1. The van der Waals surface area contributed by atoms with Crippen LogP contribution in [0.1, 0.15) is 200 Å². The predicted molar refractivity (Wildman–Crippen MR) is 231 cm³/mol. The number of aliphatic hydroxyl groups excluding tert-OH is 1. The lowest BCUT2D eigenvalue weighted by Gasteiger charge is -2.18. The molecule has 3 unspecified atom stereocenters. The van der Waals surface area contributed by atoms with Gasteiger partial charge in [0.2, 0.25) is 5.91 Å². The number of phosphoric ester groups is 1. The van der Waals surface area contributed by atoms with Crippen molar-refractivity contribution in [1.29, 1.82) is 0 Å². The SMILES string of the molecule is CCCCC/C=C\C/C=C\CCCCCCCCCCCCCC(=O)OCC(O)COP(=O)(O)OCC(NC(=O)CCCCCCC/C=C\CCCCC)C(=O)O. The molecule has 57 heavy (non-hydrogen) atoms. The Labute approximate surface area is 346 Å². The predicted octanol–water partition coefficient (Wildman–Crippen LogP) is 11.6. The summed E-state index contributed by atoms with van der Waals surface area (Å²) in [5.74, 6) is -2.39. The van der Waals surface area contributed by atoms with E-state index in [1.165, 1.54) is 96.3 Å². The fourth-order valence-corrected chi connectivity index (χ4v) is 6.88. The summed E-state index contributed by atoms with van der Waals surface area (Å²) in [5, 5.41) is 21.8. The first-order valence-electron chi connectivity index (χ1n) is 22.5. The molecule has 0 heterocycles. The highest BCUT2D eigenvalue weighted by molar-refractivity contribution is 7.47. The van der Waals surface area contributed by atoms with Crippen LogP contribution in [0, 0.1) is 0 Å². The van der Waals surface area contributed by atoms with E-state index >= 15 is 0 Å². The maximum atomic E-state index is 12.3. The summed E-state index contributed by atoms with van der Waals surface area (Å²) in [6.45, 7) is 2.53. The van der Waals surface area contributed by atoms with Crippen LogP contribution in [0.15, 0.2) is 36.5 Å². The molecule has 11 nitrogen and oxygen atoms in total. The van der Waals surface area contributed by atoms with Crippen LogP contribution >= 0.6 is 7.82 Å². The van der Waals surface area contributed by atoms with Crippen LogP contribution in [-0.4, -0.2) is 64.9 Å². The number of esters is 1. The van der Waals surface area contributed by atoms with Gasteiger partial charge in [-0.15, -0.1) is 0 Å². The van der Waals surface area contributed by atoms with Gasteiger partial charge in [-0.3, -0.25) is 18.6 Å². The quantitative estimate of drug-likeness (QED) is 0.0201. The van der Waals surface area contributed by atoms with Crippen molar-refractivity contribution in [2.45, 2.75) is 212 Å². The molecule has 0 bridgehead atoms. The zero-order valence-electron chi connectivity index (χ0n) is 35.9. The van der Waals surface area contributed by atoms with E-state index in [2.05, 4.69) is 55.6 Å². The number of nitrogens with one attached hydrogen (secondary N) is 1. The molecular formula is C45H82NO10P. The van der Waals surface area contributed by atoms with E-state index in [1.54, 1.807) is 0 Å². The number of unbranched alkanes of at least 4 members (excludes halogenated alkanes) is 22. The van der Waals surface area contributed by atoms with E-state index in [9.17, 15) is 34.1 Å². The minimum absolute atomic E-state index is 0.135. The molecule has 0 aromatic rings. The first-order valence-corrected chi connectivity index (χ1v) is 24.0. The first-order chi connectivity index (χ1) is 27.6. The largest absolute Gasteiger partial charge is 0.480 e. The zero-order valence-corrected chi connectivity index (χ0v) is 36.8. The highest BCUT2D eigenvalue weighted by atomic mass is 31.2. The monoisotopic (exact) mass is 828 g/mol. The lowest BCUT2D eigenvalue weighted by Crippen LogP contribution is -2.43. The van der Waals surface area contributed by atoms with Crippen molar-refractivity contribution in [3.05, 3.63) is 36.5 Å². The lowest BCUT2D eigenvalue weighted by molar-refractivity contribution is -0.147. The van der Waals surface area contributed by atoms with Crippen molar-refractivity contribution in [3.8, 4) is 0 Å². The van der Waals surface area contributed by atoms with Gasteiger partial charge in [0.05, 0.1) is 13.2 Å². The van der Waals surface area contributed by atoms with Crippen molar-refractivity contribution in [2.24, 2.45) is 0 Å². The highest BCUT2D eigenvalue weighted by Gasteiger charge is 2.28. The van der Waals surface area contributed by atoms with Gasteiger partial charge in [0.15, 0.2) is 6.04 Å². The second-order valence-corrected chi connectivity index (χ2v) is 16.7. The molecule has 0 aromatic carbocycles. The molecule has 0 saturated heterocycles. The maximum absolute atomic E-state index is 12.3. The Hall–Kier alpha value is -2.30. The van der Waals surface area contributed by atoms with Gasteiger partial charge < -0.3 is 25.2 Å². The number of hydrogen-bond acceptors (Lipinski definition) is 8. The Balaban J connectivity index is 3.84. The fraction of sp³-hybridized carbons (Fsp3) is 0.800. The summed E-state index contributed by atoms with van der Waals surface area (Å²) in [6.07, 6.45) is 43.1. The van der Waals surface area contributed by atoms with Crippen LogP contribution in [0.3, 0.4) is 0 Å². The molecule has 0 aliphatic heterocycles. The van der Waals surface area contributed by atoms with Gasteiger partial charge in [0, 0.05) is 12.8 Å². The molecule has 0 fully saturated rings. The van der Waals surface area contributed by atoms with Gasteiger partial charge in [-0.2, -0.15) is 0 Å². The van der Waals surface area contributed by atoms with Gasteiger partial charge in [-0.1, -0.05) is 153 Å². The summed E-state index contributed by atoms with van der Waals surface area (Å²) in [7, 11) is -4.76. The number of carboxylic acid groups (broad SMARTS) is 1. The van der Waals surface area contributed by atoms with Crippen molar-refractivity contribution >= 4 is 25.7 Å². The number of ether oxygens (including phenoxy) is 1. The molecule has 0 rings (SSSR count). The zero-order chi connectivity index (χ0) is 42.1. The summed E-state index contributed by atoms with van der Waals surface area (Å²) in [6, 6.07) is -1.55. The standard InChI is InChI=1S/C45H82NO10P/c1-3-5-7-9-11-13-15-17-18-19-20-21-22-23-24-25-27-29-31-33-35-37-44(49)54-38-41(47)39-55-57(52,53)56-40-42(45(50)51)46-43(48)36-34-32-30-28-26-16-14-12-10-8-6-4-2/h11-14,17-18,41-42,47H,3-10,15-16,19-40H2,1-2H3,(H,46,48)(H,50,51)(H,52,53)/b13-11-,14-12-,18-17-. The van der Waals surface area contributed by atoms with Gasteiger partial charge in [0.25, 0.3) is 0 Å². The van der Waals surface area contributed by atoms with Crippen LogP contribution in [0.4, 0.5) is 0 Å². The normalized spacial score (nSPS) is 14.0. The number of amides is 1. The first kappa shape index (κ1) is 54.7. The third-order valence-corrected chi connectivity index (χ3v) is 10.6. The third-order valence-electron chi connectivity index (χ3n) is 9.65. The molecule has 0 radical (unpaired) electrons. The Morgan fingerprint density at radius 2 is 0.965 bits per heavy atom. The molecule has 4 N–H and O–H groups in total. The lowest BCUT2D eigenvalue weighted by atomic mass is 10.0. The van der Waals surface area contributed by atoms with Crippen LogP contribution in [0.2, 0.25) is 0 Å². The number of phosphoric acid groups is 1. The van der Waals surface area contributed by atoms with Crippen molar-refractivity contribution in [2.75, 3.05) is 19.8 Å². The molecule has 0 aliphatic carbocycles. The molecule has 332 valence electrons. The average molecular weight is 828 g/mol. The average Bonchev–Trinajstić information content (AvgIpc) is 3.18. The number of carbonyl (C=O) groups excluding carboxylic acids is 2. The van der Waals surface area contributed by atoms with Gasteiger partial charge in [-0.25, -0.2) is 9.36 Å². The van der Waals surface area contributed by atoms with Crippen molar-refractivity contribution in [1.82, 2.24) is 5.32 Å². The van der Waals surface area contributed by atoms with E-state index in [-0.39, 0.29) is 12.8 Å². The van der Waals surface area contributed by atoms with Crippen LogP contribution in [-0.2, 0) is 32.7 Å². The molecule has 1 amide bonds. The van der Waals surface area contributed by atoms with Gasteiger partial charge in [0.1, 0.15) is 12.7 Å². The van der Waals surface area contributed by atoms with Gasteiger partial charge in [-0.05, 0) is 70.6 Å². The summed E-state index contributed by atoms with van der Waals surface area (Å²) in [5.41, 5.74) is 0. The Morgan fingerprint density at radius 1 is 0.561 bits per heavy atom. The topological polar surface area (TPSA) is 169 Å². The molecule has 0 spiro atoms. The Morgan fingerprint density at radius 3 is 1.44 bits per heavy atom. The number of aliphatic hydroxyl groups is 1. The van der Waals surface area contributed by atoms with E-state index in [1.807, 2.05) is 0 Å². The van der Waals surface area contributed by atoms with Crippen molar-refractivity contribution in [3.63, 3.8) is 0 Å². The Kier molecular flexibility index (Phi) is 38.8. The molecule has 0 saturated carbocycles. The van der Waals surface area contributed by atoms with E-state index < -0.39 is 57.6 Å². The highest BCUT2D eigenvalue weighted by Crippen LogP contribution is 2.43. The minimum Gasteiger partial charge on any atom is -0.480 e. The van der Waals surface area contributed by atoms with Crippen LogP contribution in [0.5, 0.6) is 0 Å². The number of aliphatic carboxylic acids is 1. The van der Waals surface area contributed by atoms with Crippen molar-refractivity contribution < 1.29 is 47.8 Å². The van der Waals surface area contributed by atoms with E-state index in [4.69, 9.17) is 13.8 Å². The number of carbonyl (C=O) groups is 3.